The molecule has 0 saturated carbocycles. The van der Waals surface area contributed by atoms with Crippen molar-refractivity contribution in [2.75, 3.05) is 17.1 Å². The molecule has 0 heterocycles. The molecule has 0 bridgehead atoms. The molecular formula is C25H36N2O3S. The van der Waals surface area contributed by atoms with Crippen LogP contribution in [0, 0.1) is 19.8 Å². The molecule has 31 heavy (non-hydrogen) atoms. The molecule has 0 aliphatic heterocycles. The summed E-state index contributed by atoms with van der Waals surface area (Å²) < 4.78 is 26.5. The van der Waals surface area contributed by atoms with Crippen LogP contribution in [-0.2, 0) is 16.6 Å². The van der Waals surface area contributed by atoms with Gasteiger partial charge in [0.15, 0.2) is 0 Å². The molecule has 0 fully saturated rings. The molecule has 1 N–H and O–H groups in total. The molecule has 0 saturated heterocycles. The van der Waals surface area contributed by atoms with Crippen LogP contribution in [-0.4, -0.2) is 27.1 Å². The van der Waals surface area contributed by atoms with E-state index in [0.717, 1.165) is 29.5 Å². The molecule has 2 aromatic rings. The van der Waals surface area contributed by atoms with Crippen molar-refractivity contribution in [3.63, 3.8) is 0 Å². The first-order valence-corrected chi connectivity index (χ1v) is 12.9. The molecule has 2 aromatic carbocycles. The van der Waals surface area contributed by atoms with Crippen LogP contribution >= 0.6 is 0 Å². The Hall–Kier alpha value is -2.34. The Morgan fingerprint density at radius 3 is 2.16 bits per heavy atom. The van der Waals surface area contributed by atoms with Crippen LogP contribution in [0.1, 0.15) is 66.6 Å². The molecule has 0 aromatic heterocycles. The lowest BCUT2D eigenvalue weighted by Gasteiger charge is -2.26. The number of amides is 1. The lowest BCUT2D eigenvalue weighted by Crippen LogP contribution is -2.31. The highest BCUT2D eigenvalue weighted by Crippen LogP contribution is 2.28. The van der Waals surface area contributed by atoms with Gasteiger partial charge in [0, 0.05) is 12.1 Å². The number of benzene rings is 2. The highest BCUT2D eigenvalue weighted by atomic mass is 32.2. The summed E-state index contributed by atoms with van der Waals surface area (Å²) in [6.45, 7) is 9.08. The van der Waals surface area contributed by atoms with Gasteiger partial charge >= 0.3 is 0 Å². The minimum atomic E-state index is -3.46. The summed E-state index contributed by atoms with van der Waals surface area (Å²) >= 11 is 0. The first-order chi connectivity index (χ1) is 14.7. The van der Waals surface area contributed by atoms with E-state index in [-0.39, 0.29) is 12.5 Å². The van der Waals surface area contributed by atoms with Crippen molar-refractivity contribution in [3.8, 4) is 0 Å². The minimum Gasteiger partial charge on any atom is -0.352 e. The van der Waals surface area contributed by atoms with Gasteiger partial charge in [-0.1, -0.05) is 63.4 Å². The second-order valence-electron chi connectivity index (χ2n) is 8.33. The molecule has 1 amide bonds. The summed E-state index contributed by atoms with van der Waals surface area (Å²) in [6.07, 6.45) is 5.76. The number of anilines is 1. The average molecular weight is 445 g/mol. The van der Waals surface area contributed by atoms with Crippen LogP contribution in [0.2, 0.25) is 0 Å². The zero-order valence-electron chi connectivity index (χ0n) is 19.4. The van der Waals surface area contributed by atoms with Crippen molar-refractivity contribution in [2.45, 2.75) is 59.9 Å². The molecular weight excluding hydrogens is 408 g/mol. The van der Waals surface area contributed by atoms with Gasteiger partial charge in [-0.05, 0) is 55.0 Å². The van der Waals surface area contributed by atoms with Crippen LogP contribution < -0.4 is 9.62 Å². The van der Waals surface area contributed by atoms with E-state index >= 15 is 0 Å². The summed E-state index contributed by atoms with van der Waals surface area (Å²) in [5, 5.41) is 3.04. The van der Waals surface area contributed by atoms with E-state index in [4.69, 9.17) is 0 Å². The molecule has 0 radical (unpaired) electrons. The van der Waals surface area contributed by atoms with Crippen molar-refractivity contribution < 1.29 is 13.2 Å². The lowest BCUT2D eigenvalue weighted by atomic mass is 9.99. The molecule has 0 unspecified atom stereocenters. The quantitative estimate of drug-likeness (QED) is 0.517. The molecule has 1 atom stereocenters. The Balaban J connectivity index is 2.12. The number of unbranched alkanes of at least 4 members (excludes halogenated alkanes) is 1. The van der Waals surface area contributed by atoms with Gasteiger partial charge in [-0.2, -0.15) is 0 Å². The SMILES string of the molecule is CCCC[C@H](CC)CNC(=O)c1ccc(CN(c2c(C)cccc2C)S(C)(=O)=O)cc1. The van der Waals surface area contributed by atoms with Gasteiger partial charge in [-0.3, -0.25) is 9.10 Å². The van der Waals surface area contributed by atoms with Gasteiger partial charge in [0.1, 0.15) is 0 Å². The number of nitrogens with one attached hydrogen (secondary N) is 1. The van der Waals surface area contributed by atoms with Gasteiger partial charge < -0.3 is 5.32 Å². The van der Waals surface area contributed by atoms with Gasteiger partial charge in [0.25, 0.3) is 5.91 Å². The summed E-state index contributed by atoms with van der Waals surface area (Å²) in [5.74, 6) is 0.417. The number of rotatable bonds is 11. The van der Waals surface area contributed by atoms with E-state index < -0.39 is 10.0 Å². The molecule has 170 valence electrons. The Kier molecular flexibility index (Phi) is 9.11. The van der Waals surface area contributed by atoms with Crippen LogP contribution in [0.3, 0.4) is 0 Å². The van der Waals surface area contributed by atoms with Gasteiger partial charge in [0.2, 0.25) is 10.0 Å². The van der Waals surface area contributed by atoms with Crippen molar-refractivity contribution in [1.29, 1.82) is 0 Å². The predicted octanol–water partition coefficient (Wildman–Crippen LogP) is 5.22. The highest BCUT2D eigenvalue weighted by molar-refractivity contribution is 7.92. The monoisotopic (exact) mass is 444 g/mol. The maximum atomic E-state index is 12.5. The zero-order valence-corrected chi connectivity index (χ0v) is 20.3. The summed E-state index contributed by atoms with van der Waals surface area (Å²) in [5.41, 5.74) is 3.96. The van der Waals surface area contributed by atoms with E-state index in [1.807, 2.05) is 44.2 Å². The number of carbonyl (C=O) groups is 1. The van der Waals surface area contributed by atoms with E-state index in [9.17, 15) is 13.2 Å². The summed E-state index contributed by atoms with van der Waals surface area (Å²) in [6, 6.07) is 12.9. The standard InChI is InChI=1S/C25H36N2O3S/c1-6-8-12-21(7-2)17-26-25(28)23-15-13-22(14-16-23)18-27(31(5,29)30)24-19(3)10-9-11-20(24)4/h9-11,13-16,21H,6-8,12,17-18H2,1-5H3,(H,26,28)/t21-/m0/s1. The largest absolute Gasteiger partial charge is 0.352 e. The lowest BCUT2D eigenvalue weighted by molar-refractivity contribution is 0.0946. The van der Waals surface area contributed by atoms with Crippen molar-refractivity contribution in [3.05, 3.63) is 64.7 Å². The van der Waals surface area contributed by atoms with E-state index in [1.54, 1.807) is 12.1 Å². The van der Waals surface area contributed by atoms with E-state index in [1.165, 1.54) is 23.4 Å². The zero-order chi connectivity index (χ0) is 23.0. The molecule has 0 spiro atoms. The normalized spacial score (nSPS) is 12.4. The third-order valence-corrected chi connectivity index (χ3v) is 6.84. The Morgan fingerprint density at radius 2 is 1.65 bits per heavy atom. The van der Waals surface area contributed by atoms with E-state index in [0.29, 0.717) is 23.7 Å². The molecule has 5 nitrogen and oxygen atoms in total. The molecule has 0 aliphatic rings. The minimum absolute atomic E-state index is 0.0868. The van der Waals surface area contributed by atoms with E-state index in [2.05, 4.69) is 19.2 Å². The van der Waals surface area contributed by atoms with Gasteiger partial charge in [-0.25, -0.2) is 8.42 Å². The number of sulfonamides is 1. The maximum absolute atomic E-state index is 12.5. The summed E-state index contributed by atoms with van der Waals surface area (Å²) in [4.78, 5) is 12.5. The molecule has 0 aliphatic carbocycles. The first kappa shape index (κ1) is 24.9. The van der Waals surface area contributed by atoms with Crippen molar-refractivity contribution in [1.82, 2.24) is 5.32 Å². The number of hydrogen-bond donors (Lipinski definition) is 1. The fourth-order valence-corrected chi connectivity index (χ4v) is 4.77. The molecule has 6 heteroatoms. The Bertz CT molecular complexity index is 949. The average Bonchev–Trinajstić information content (AvgIpc) is 2.72. The fraction of sp³-hybridized carbons (Fsp3) is 0.480. The first-order valence-electron chi connectivity index (χ1n) is 11.1. The van der Waals surface area contributed by atoms with Gasteiger partial charge in [0.05, 0.1) is 18.5 Å². The highest BCUT2D eigenvalue weighted by Gasteiger charge is 2.21. The number of nitrogens with zero attached hydrogens (tertiary/aromatic N) is 1. The number of hydrogen-bond acceptors (Lipinski definition) is 3. The maximum Gasteiger partial charge on any atom is 0.251 e. The number of carbonyl (C=O) groups excluding carboxylic acids is 1. The van der Waals surface area contributed by atoms with Crippen LogP contribution in [0.25, 0.3) is 0 Å². The molecule has 2 rings (SSSR count). The fourth-order valence-electron chi connectivity index (χ4n) is 3.77. The van der Waals surface area contributed by atoms with Gasteiger partial charge in [-0.15, -0.1) is 0 Å². The smallest absolute Gasteiger partial charge is 0.251 e. The number of aryl methyl sites for hydroxylation is 2. The topological polar surface area (TPSA) is 66.5 Å². The number of para-hydroxylation sites is 1. The Morgan fingerprint density at radius 1 is 1.03 bits per heavy atom. The van der Waals surface area contributed by atoms with Crippen molar-refractivity contribution in [2.24, 2.45) is 5.92 Å². The van der Waals surface area contributed by atoms with Crippen LogP contribution in [0.5, 0.6) is 0 Å². The summed E-state index contributed by atoms with van der Waals surface area (Å²) in [7, 11) is -3.46. The van der Waals surface area contributed by atoms with Crippen LogP contribution in [0.15, 0.2) is 42.5 Å². The Labute approximate surface area is 187 Å². The second-order valence-corrected chi connectivity index (χ2v) is 10.2. The van der Waals surface area contributed by atoms with Crippen LogP contribution in [0.4, 0.5) is 5.69 Å². The predicted molar refractivity (Wildman–Crippen MR) is 129 cm³/mol. The third kappa shape index (κ3) is 7.10. The van der Waals surface area contributed by atoms with Crippen molar-refractivity contribution >= 4 is 21.6 Å². The second kappa shape index (κ2) is 11.3. The third-order valence-electron chi connectivity index (χ3n) is 5.73.